The molecule has 1 unspecified atom stereocenters. The Labute approximate surface area is 205 Å². The highest BCUT2D eigenvalue weighted by molar-refractivity contribution is 5.82. The van der Waals surface area contributed by atoms with Crippen molar-refractivity contribution in [3.05, 3.63) is 88.1 Å². The van der Waals surface area contributed by atoms with Gasteiger partial charge in [-0.15, -0.1) is 0 Å². The van der Waals surface area contributed by atoms with Crippen molar-refractivity contribution < 1.29 is 14.3 Å². The summed E-state index contributed by atoms with van der Waals surface area (Å²) < 4.78 is 6.39. The molecule has 4 rings (SSSR count). The minimum atomic E-state index is -0.647. The Morgan fingerprint density at radius 1 is 1.11 bits per heavy atom. The standard InChI is InChI=1S/C28H31N3O4/c1-18-7-6-8-19(2)27(18)22-14-21(16-29-17-22)23(15-26(33)35-3)30-28(34)24(13-20-10-11-20)31-12-5-4-9-25(31)32/h4-9,12,14,16-17,20,23-24H,10-11,13,15H2,1-3H3,(H,30,34)/t23?,24-/m0/s1. The van der Waals surface area contributed by atoms with Crippen LogP contribution in [0.2, 0.25) is 0 Å². The molecule has 3 aromatic rings. The number of esters is 1. The molecular weight excluding hydrogens is 442 g/mol. The van der Waals surface area contributed by atoms with Crippen LogP contribution < -0.4 is 10.9 Å². The largest absolute Gasteiger partial charge is 0.469 e. The molecule has 35 heavy (non-hydrogen) atoms. The van der Waals surface area contributed by atoms with Gasteiger partial charge in [-0.25, -0.2) is 0 Å². The van der Waals surface area contributed by atoms with Gasteiger partial charge in [0, 0.05) is 30.2 Å². The fraction of sp³-hybridized carbons (Fsp3) is 0.357. The third kappa shape index (κ3) is 5.85. The fourth-order valence-electron chi connectivity index (χ4n) is 4.54. The summed E-state index contributed by atoms with van der Waals surface area (Å²) in [6, 6.07) is 11.6. The maximum atomic E-state index is 13.5. The molecule has 2 aromatic heterocycles. The van der Waals surface area contributed by atoms with Gasteiger partial charge in [0.1, 0.15) is 6.04 Å². The number of carbonyl (C=O) groups is 2. The minimum Gasteiger partial charge on any atom is -0.469 e. The van der Waals surface area contributed by atoms with Crippen LogP contribution in [0.25, 0.3) is 11.1 Å². The summed E-state index contributed by atoms with van der Waals surface area (Å²) in [5, 5.41) is 3.03. The van der Waals surface area contributed by atoms with E-state index in [1.165, 1.54) is 17.7 Å². The number of methoxy groups -OCH3 is 1. The zero-order valence-corrected chi connectivity index (χ0v) is 20.4. The van der Waals surface area contributed by atoms with Gasteiger partial charge < -0.3 is 14.6 Å². The number of ether oxygens (including phenoxy) is 1. The lowest BCUT2D eigenvalue weighted by Crippen LogP contribution is -2.39. The second-order valence-corrected chi connectivity index (χ2v) is 9.26. The summed E-state index contributed by atoms with van der Waals surface area (Å²) >= 11 is 0. The number of hydrogen-bond acceptors (Lipinski definition) is 5. The first-order valence-electron chi connectivity index (χ1n) is 11.9. The van der Waals surface area contributed by atoms with Gasteiger partial charge in [0.25, 0.3) is 5.56 Å². The predicted molar refractivity (Wildman–Crippen MR) is 134 cm³/mol. The first kappa shape index (κ1) is 24.4. The van der Waals surface area contributed by atoms with Crippen molar-refractivity contribution in [2.45, 2.75) is 51.6 Å². The van der Waals surface area contributed by atoms with E-state index in [9.17, 15) is 14.4 Å². The van der Waals surface area contributed by atoms with Gasteiger partial charge in [-0.05, 0) is 60.6 Å². The molecule has 0 bridgehead atoms. The van der Waals surface area contributed by atoms with Crippen molar-refractivity contribution in [3.63, 3.8) is 0 Å². The van der Waals surface area contributed by atoms with Crippen LogP contribution in [0, 0.1) is 19.8 Å². The van der Waals surface area contributed by atoms with Crippen molar-refractivity contribution in [1.82, 2.24) is 14.9 Å². The van der Waals surface area contributed by atoms with Crippen molar-refractivity contribution >= 4 is 11.9 Å². The Morgan fingerprint density at radius 3 is 2.51 bits per heavy atom. The van der Waals surface area contributed by atoms with Crippen LogP contribution in [-0.4, -0.2) is 28.5 Å². The zero-order chi connectivity index (χ0) is 24.9. The molecule has 7 nitrogen and oxygen atoms in total. The lowest BCUT2D eigenvalue weighted by atomic mass is 9.94. The summed E-state index contributed by atoms with van der Waals surface area (Å²) in [5.41, 5.74) is 4.70. The lowest BCUT2D eigenvalue weighted by Gasteiger charge is -2.24. The quantitative estimate of drug-likeness (QED) is 0.468. The number of amides is 1. The van der Waals surface area contributed by atoms with E-state index in [4.69, 9.17) is 4.74 Å². The number of carbonyl (C=O) groups excluding carboxylic acids is 2. The third-order valence-electron chi connectivity index (χ3n) is 6.59. The van der Waals surface area contributed by atoms with Crippen molar-refractivity contribution in [2.24, 2.45) is 5.92 Å². The Morgan fingerprint density at radius 2 is 1.86 bits per heavy atom. The van der Waals surface area contributed by atoms with E-state index in [0.717, 1.165) is 35.1 Å². The van der Waals surface area contributed by atoms with Crippen LogP contribution in [0.1, 0.15) is 54.5 Å². The van der Waals surface area contributed by atoms with Gasteiger partial charge in [-0.2, -0.15) is 0 Å². The van der Waals surface area contributed by atoms with Crippen molar-refractivity contribution in [2.75, 3.05) is 7.11 Å². The SMILES string of the molecule is COC(=O)CC(NC(=O)[C@H](CC1CC1)n1ccccc1=O)c1cncc(-c2c(C)cccc2C)c1. The van der Waals surface area contributed by atoms with Gasteiger partial charge >= 0.3 is 5.97 Å². The molecule has 1 aromatic carbocycles. The molecule has 0 aliphatic heterocycles. The summed E-state index contributed by atoms with van der Waals surface area (Å²) in [6.45, 7) is 4.09. The smallest absolute Gasteiger partial charge is 0.307 e. The van der Waals surface area contributed by atoms with Crippen LogP contribution in [0.15, 0.2) is 65.8 Å². The molecule has 1 saturated carbocycles. The number of aromatic nitrogens is 2. The van der Waals surface area contributed by atoms with E-state index >= 15 is 0 Å². The number of nitrogens with one attached hydrogen (secondary N) is 1. The molecule has 1 aliphatic rings. The van der Waals surface area contributed by atoms with Crippen LogP contribution in [0.5, 0.6) is 0 Å². The predicted octanol–water partition coefficient (Wildman–Crippen LogP) is 4.29. The molecule has 0 radical (unpaired) electrons. The van der Waals surface area contributed by atoms with E-state index in [-0.39, 0.29) is 17.9 Å². The van der Waals surface area contributed by atoms with E-state index in [1.807, 2.05) is 38.1 Å². The maximum Gasteiger partial charge on any atom is 0.307 e. The molecule has 1 fully saturated rings. The number of hydrogen-bond donors (Lipinski definition) is 1. The van der Waals surface area contributed by atoms with Crippen LogP contribution in [-0.2, 0) is 14.3 Å². The van der Waals surface area contributed by atoms with E-state index in [0.29, 0.717) is 17.9 Å². The van der Waals surface area contributed by atoms with Crippen LogP contribution in [0.4, 0.5) is 0 Å². The summed E-state index contributed by atoms with van der Waals surface area (Å²) in [5.74, 6) is -0.314. The number of rotatable bonds is 9. The monoisotopic (exact) mass is 473 g/mol. The van der Waals surface area contributed by atoms with Crippen LogP contribution >= 0.6 is 0 Å². The second-order valence-electron chi connectivity index (χ2n) is 9.26. The van der Waals surface area contributed by atoms with Gasteiger partial charge in [0.15, 0.2) is 0 Å². The number of benzene rings is 1. The summed E-state index contributed by atoms with van der Waals surface area (Å²) in [4.78, 5) is 42.7. The van der Waals surface area contributed by atoms with E-state index < -0.39 is 18.1 Å². The Balaban J connectivity index is 1.67. The number of nitrogens with zero attached hydrogens (tertiary/aromatic N) is 2. The highest BCUT2D eigenvalue weighted by Crippen LogP contribution is 2.37. The van der Waals surface area contributed by atoms with Crippen LogP contribution in [0.3, 0.4) is 0 Å². The Kier molecular flexibility index (Phi) is 7.44. The first-order valence-corrected chi connectivity index (χ1v) is 11.9. The molecule has 2 heterocycles. The van der Waals surface area contributed by atoms with Gasteiger partial charge in [0.2, 0.25) is 5.91 Å². The first-order chi connectivity index (χ1) is 16.9. The minimum absolute atomic E-state index is 0.0417. The maximum absolute atomic E-state index is 13.5. The highest BCUT2D eigenvalue weighted by Gasteiger charge is 2.32. The van der Waals surface area contributed by atoms with E-state index in [2.05, 4.69) is 10.3 Å². The zero-order valence-electron chi connectivity index (χ0n) is 20.4. The summed E-state index contributed by atoms with van der Waals surface area (Å²) in [7, 11) is 1.33. The molecular formula is C28H31N3O4. The molecule has 2 atom stereocenters. The fourth-order valence-corrected chi connectivity index (χ4v) is 4.54. The number of pyridine rings is 2. The number of aryl methyl sites for hydroxylation is 2. The molecule has 1 N–H and O–H groups in total. The second kappa shape index (κ2) is 10.7. The topological polar surface area (TPSA) is 90.3 Å². The van der Waals surface area contributed by atoms with Crippen molar-refractivity contribution in [1.29, 1.82) is 0 Å². The summed E-state index contributed by atoms with van der Waals surface area (Å²) in [6.07, 6.45) is 7.75. The molecule has 182 valence electrons. The molecule has 0 spiro atoms. The van der Waals surface area contributed by atoms with Gasteiger partial charge in [-0.3, -0.25) is 19.4 Å². The normalized spacial score (nSPS) is 14.7. The highest BCUT2D eigenvalue weighted by atomic mass is 16.5. The van der Waals surface area contributed by atoms with Gasteiger partial charge in [0.05, 0.1) is 19.6 Å². The molecule has 0 saturated heterocycles. The van der Waals surface area contributed by atoms with Gasteiger partial charge in [-0.1, -0.05) is 37.1 Å². The van der Waals surface area contributed by atoms with Crippen molar-refractivity contribution in [3.8, 4) is 11.1 Å². The average Bonchev–Trinajstić information content (AvgIpc) is 3.67. The Hall–Kier alpha value is -3.74. The third-order valence-corrected chi connectivity index (χ3v) is 6.59. The molecule has 1 aliphatic carbocycles. The van der Waals surface area contributed by atoms with E-state index in [1.54, 1.807) is 30.7 Å². The lowest BCUT2D eigenvalue weighted by molar-refractivity contribution is -0.141. The average molecular weight is 474 g/mol. The molecule has 7 heteroatoms. The Bertz CT molecular complexity index is 1260. The molecule has 1 amide bonds.